The highest BCUT2D eigenvalue weighted by atomic mass is 32.1. The van der Waals surface area contributed by atoms with E-state index in [1.54, 1.807) is 0 Å². The van der Waals surface area contributed by atoms with E-state index in [0.717, 1.165) is 22.9 Å². The predicted molar refractivity (Wildman–Crippen MR) is 78.0 cm³/mol. The van der Waals surface area contributed by atoms with Crippen molar-refractivity contribution in [1.82, 2.24) is 4.98 Å². The van der Waals surface area contributed by atoms with Crippen LogP contribution in [0.3, 0.4) is 0 Å². The fraction of sp³-hybridized carbons (Fsp3) is 0.333. The molecule has 4 nitrogen and oxygen atoms in total. The molecule has 0 atom stereocenters. The SMILES string of the molecule is CCc1ccc(OCc2nc(CC(=O)OC)cs2)cc1. The van der Waals surface area contributed by atoms with Crippen LogP contribution >= 0.6 is 11.3 Å². The number of nitrogens with zero attached hydrogens (tertiary/aromatic N) is 1. The first-order valence-corrected chi connectivity index (χ1v) is 7.31. The molecule has 0 unspecified atom stereocenters. The van der Waals surface area contributed by atoms with E-state index in [-0.39, 0.29) is 12.4 Å². The monoisotopic (exact) mass is 291 g/mol. The molecule has 1 heterocycles. The van der Waals surface area contributed by atoms with Crippen LogP contribution in [0.4, 0.5) is 0 Å². The van der Waals surface area contributed by atoms with Gasteiger partial charge in [-0.1, -0.05) is 19.1 Å². The van der Waals surface area contributed by atoms with Crippen LogP contribution in [0.5, 0.6) is 5.75 Å². The Bertz CT molecular complexity index is 563. The zero-order valence-corrected chi connectivity index (χ0v) is 12.4. The summed E-state index contributed by atoms with van der Waals surface area (Å²) in [6, 6.07) is 8.03. The number of esters is 1. The fourth-order valence-corrected chi connectivity index (χ4v) is 2.39. The molecule has 20 heavy (non-hydrogen) atoms. The lowest BCUT2D eigenvalue weighted by Crippen LogP contribution is -2.05. The predicted octanol–water partition coefficient (Wildman–Crippen LogP) is 3.00. The van der Waals surface area contributed by atoms with Gasteiger partial charge in [0.05, 0.1) is 19.2 Å². The number of carbonyl (C=O) groups is 1. The lowest BCUT2D eigenvalue weighted by molar-refractivity contribution is -0.139. The van der Waals surface area contributed by atoms with E-state index in [1.807, 2.05) is 17.5 Å². The summed E-state index contributed by atoms with van der Waals surface area (Å²) in [5, 5.41) is 2.71. The van der Waals surface area contributed by atoms with Gasteiger partial charge in [-0.3, -0.25) is 4.79 Å². The third-order valence-corrected chi connectivity index (χ3v) is 3.72. The number of aryl methyl sites for hydroxylation is 1. The van der Waals surface area contributed by atoms with Crippen molar-refractivity contribution in [2.75, 3.05) is 7.11 Å². The molecule has 0 amide bonds. The van der Waals surface area contributed by atoms with Crippen molar-refractivity contribution in [2.45, 2.75) is 26.4 Å². The molecule has 106 valence electrons. The zero-order chi connectivity index (χ0) is 14.4. The highest BCUT2D eigenvalue weighted by Gasteiger charge is 2.08. The summed E-state index contributed by atoms with van der Waals surface area (Å²) in [6.07, 6.45) is 1.22. The Kier molecular flexibility index (Phi) is 5.12. The first-order chi connectivity index (χ1) is 9.71. The number of rotatable bonds is 6. The standard InChI is InChI=1S/C15H17NO3S/c1-3-11-4-6-13(7-5-11)19-9-14-16-12(10-20-14)8-15(17)18-2/h4-7,10H,3,8-9H2,1-2H3. The van der Waals surface area contributed by atoms with Crippen LogP contribution in [0.15, 0.2) is 29.6 Å². The van der Waals surface area contributed by atoms with Crippen molar-refractivity contribution >= 4 is 17.3 Å². The van der Waals surface area contributed by atoms with Crippen molar-refractivity contribution in [3.63, 3.8) is 0 Å². The van der Waals surface area contributed by atoms with Gasteiger partial charge in [0.15, 0.2) is 0 Å². The van der Waals surface area contributed by atoms with E-state index in [2.05, 4.69) is 28.8 Å². The van der Waals surface area contributed by atoms with Gasteiger partial charge in [-0.2, -0.15) is 0 Å². The van der Waals surface area contributed by atoms with Gasteiger partial charge < -0.3 is 9.47 Å². The van der Waals surface area contributed by atoms with Gasteiger partial charge in [0.1, 0.15) is 17.4 Å². The third kappa shape index (κ3) is 4.06. The topological polar surface area (TPSA) is 48.4 Å². The Morgan fingerprint density at radius 2 is 2.05 bits per heavy atom. The molecule has 1 aromatic heterocycles. The number of carbonyl (C=O) groups excluding carboxylic acids is 1. The molecule has 0 radical (unpaired) electrons. The van der Waals surface area contributed by atoms with Crippen molar-refractivity contribution < 1.29 is 14.3 Å². The van der Waals surface area contributed by atoms with Crippen LogP contribution in [0.25, 0.3) is 0 Å². The lowest BCUT2D eigenvalue weighted by atomic mass is 10.2. The van der Waals surface area contributed by atoms with E-state index in [9.17, 15) is 4.79 Å². The number of hydrogen-bond donors (Lipinski definition) is 0. The maximum Gasteiger partial charge on any atom is 0.311 e. The summed E-state index contributed by atoms with van der Waals surface area (Å²) in [5.41, 5.74) is 2.01. The van der Waals surface area contributed by atoms with Gasteiger partial charge >= 0.3 is 5.97 Å². The van der Waals surface area contributed by atoms with Crippen LogP contribution in [-0.2, 0) is 29.0 Å². The van der Waals surface area contributed by atoms with Gasteiger partial charge in [0.25, 0.3) is 0 Å². The maximum atomic E-state index is 11.1. The second-order valence-electron chi connectivity index (χ2n) is 4.27. The molecule has 2 rings (SSSR count). The van der Waals surface area contributed by atoms with Crippen molar-refractivity contribution in [2.24, 2.45) is 0 Å². The number of aromatic nitrogens is 1. The van der Waals surface area contributed by atoms with Gasteiger partial charge in [-0.05, 0) is 24.1 Å². The van der Waals surface area contributed by atoms with Gasteiger partial charge in [0.2, 0.25) is 0 Å². The highest BCUT2D eigenvalue weighted by molar-refractivity contribution is 7.09. The van der Waals surface area contributed by atoms with Crippen molar-refractivity contribution in [3.05, 3.63) is 45.9 Å². The summed E-state index contributed by atoms with van der Waals surface area (Å²) in [7, 11) is 1.37. The second-order valence-corrected chi connectivity index (χ2v) is 5.21. The van der Waals surface area contributed by atoms with E-state index < -0.39 is 0 Å². The smallest absolute Gasteiger partial charge is 0.311 e. The van der Waals surface area contributed by atoms with Gasteiger partial charge in [-0.25, -0.2) is 4.98 Å². The molecule has 0 fully saturated rings. The first-order valence-electron chi connectivity index (χ1n) is 6.43. The molecule has 0 saturated carbocycles. The number of thiazole rings is 1. The quantitative estimate of drug-likeness (QED) is 0.768. The second kappa shape index (κ2) is 7.05. The largest absolute Gasteiger partial charge is 0.486 e. The molecule has 0 bridgehead atoms. The Labute approximate surface area is 122 Å². The zero-order valence-electron chi connectivity index (χ0n) is 11.6. The summed E-state index contributed by atoms with van der Waals surface area (Å²) in [4.78, 5) is 15.5. The minimum absolute atomic E-state index is 0.207. The molecule has 1 aromatic carbocycles. The average Bonchev–Trinajstić information content (AvgIpc) is 2.93. The molecule has 0 saturated heterocycles. The van der Waals surface area contributed by atoms with Crippen LogP contribution in [0, 0.1) is 0 Å². The Balaban J connectivity index is 1.88. The van der Waals surface area contributed by atoms with E-state index in [0.29, 0.717) is 6.61 Å². The van der Waals surface area contributed by atoms with Crippen molar-refractivity contribution in [1.29, 1.82) is 0 Å². The lowest BCUT2D eigenvalue weighted by Gasteiger charge is -2.04. The Morgan fingerprint density at radius 3 is 2.70 bits per heavy atom. The minimum atomic E-state index is -0.280. The molecule has 0 aliphatic heterocycles. The van der Waals surface area contributed by atoms with Crippen LogP contribution in [-0.4, -0.2) is 18.1 Å². The first kappa shape index (κ1) is 14.5. The van der Waals surface area contributed by atoms with Crippen LogP contribution in [0.1, 0.15) is 23.2 Å². The average molecular weight is 291 g/mol. The van der Waals surface area contributed by atoms with E-state index in [1.165, 1.54) is 24.0 Å². The number of methoxy groups -OCH3 is 1. The molecule has 2 aromatic rings. The summed E-state index contributed by atoms with van der Waals surface area (Å²) < 4.78 is 10.3. The molecule has 5 heteroatoms. The van der Waals surface area contributed by atoms with E-state index >= 15 is 0 Å². The highest BCUT2D eigenvalue weighted by Crippen LogP contribution is 2.17. The molecule has 0 aliphatic rings. The molecular weight excluding hydrogens is 274 g/mol. The summed E-state index contributed by atoms with van der Waals surface area (Å²) in [6.45, 7) is 2.53. The number of benzene rings is 1. The molecular formula is C15H17NO3S. The van der Waals surface area contributed by atoms with Crippen LogP contribution in [0.2, 0.25) is 0 Å². The van der Waals surface area contributed by atoms with Crippen LogP contribution < -0.4 is 4.74 Å². The summed E-state index contributed by atoms with van der Waals surface area (Å²) in [5.74, 6) is 0.546. The molecule has 0 N–H and O–H groups in total. The minimum Gasteiger partial charge on any atom is -0.486 e. The number of ether oxygens (including phenoxy) is 2. The van der Waals surface area contributed by atoms with Gasteiger partial charge in [0, 0.05) is 5.38 Å². The Hall–Kier alpha value is -1.88. The van der Waals surface area contributed by atoms with Gasteiger partial charge in [-0.15, -0.1) is 11.3 Å². The fourth-order valence-electron chi connectivity index (χ4n) is 1.68. The van der Waals surface area contributed by atoms with Crippen molar-refractivity contribution in [3.8, 4) is 5.75 Å². The number of hydrogen-bond acceptors (Lipinski definition) is 5. The molecule has 0 aliphatic carbocycles. The van der Waals surface area contributed by atoms with E-state index in [4.69, 9.17) is 4.74 Å². The molecule has 0 spiro atoms. The third-order valence-electron chi connectivity index (χ3n) is 2.85. The normalized spacial score (nSPS) is 10.3. The maximum absolute atomic E-state index is 11.1. The summed E-state index contributed by atoms with van der Waals surface area (Å²) >= 11 is 1.49. The Morgan fingerprint density at radius 1 is 1.30 bits per heavy atom.